The number of nitrogens with zero attached hydrogens (tertiary/aromatic N) is 1. The highest BCUT2D eigenvalue weighted by Gasteiger charge is 2.22. The molecule has 28 heavy (non-hydrogen) atoms. The third-order valence-electron chi connectivity index (χ3n) is 5.18. The lowest BCUT2D eigenvalue weighted by molar-refractivity contribution is -0.128. The minimum Gasteiger partial charge on any atom is -0.451 e. The number of rotatable bonds is 6. The Bertz CT molecular complexity index is 901. The van der Waals surface area contributed by atoms with Crippen LogP contribution in [0.2, 0.25) is 0 Å². The molecule has 0 aliphatic carbocycles. The van der Waals surface area contributed by atoms with Gasteiger partial charge in [0.25, 0.3) is 0 Å². The molecule has 0 spiro atoms. The van der Waals surface area contributed by atoms with Crippen LogP contribution >= 0.6 is 0 Å². The van der Waals surface area contributed by atoms with E-state index in [1.165, 1.54) is 0 Å². The number of carbonyl (C=O) groups is 3. The molecule has 1 amide bonds. The van der Waals surface area contributed by atoms with Crippen molar-refractivity contribution >= 4 is 17.7 Å². The summed E-state index contributed by atoms with van der Waals surface area (Å²) >= 11 is 0. The fourth-order valence-electron chi connectivity index (χ4n) is 3.25. The predicted octanol–water partition coefficient (Wildman–Crippen LogP) is 3.85. The zero-order chi connectivity index (χ0) is 20.3. The molecule has 2 aromatic rings. The number of benzene rings is 2. The van der Waals surface area contributed by atoms with E-state index in [-0.39, 0.29) is 11.7 Å². The van der Waals surface area contributed by atoms with Gasteiger partial charge in [-0.25, -0.2) is 4.79 Å². The Morgan fingerprint density at radius 2 is 1.71 bits per heavy atom. The first kappa shape index (κ1) is 19.8. The maximum Gasteiger partial charge on any atom is 0.338 e. The Labute approximate surface area is 165 Å². The van der Waals surface area contributed by atoms with Crippen LogP contribution in [0.5, 0.6) is 0 Å². The first-order valence-electron chi connectivity index (χ1n) is 9.54. The molecule has 0 radical (unpaired) electrons. The van der Waals surface area contributed by atoms with E-state index >= 15 is 0 Å². The van der Waals surface area contributed by atoms with Gasteiger partial charge in [-0.1, -0.05) is 24.3 Å². The average Bonchev–Trinajstić information content (AvgIpc) is 3.08. The molecule has 1 atom stereocenters. The molecule has 0 saturated carbocycles. The van der Waals surface area contributed by atoms with Gasteiger partial charge in [-0.3, -0.25) is 9.59 Å². The Morgan fingerprint density at radius 1 is 1.04 bits per heavy atom. The standard InChI is InChI=1S/C23H25NO4/c1-15-6-9-20(13-16(15)2)22(26)17(3)28-23(27)19-10-7-18(8-11-19)14-24-12-4-5-21(24)25/h6-11,13,17H,4-5,12,14H2,1-3H3/t17-/m0/s1. The highest BCUT2D eigenvalue weighted by Crippen LogP contribution is 2.17. The zero-order valence-electron chi connectivity index (χ0n) is 16.5. The number of hydrogen-bond acceptors (Lipinski definition) is 4. The van der Waals surface area contributed by atoms with Crippen LogP contribution in [0.4, 0.5) is 0 Å². The third-order valence-corrected chi connectivity index (χ3v) is 5.18. The Morgan fingerprint density at radius 3 is 2.32 bits per heavy atom. The molecule has 1 aliphatic heterocycles. The molecule has 0 aromatic heterocycles. The smallest absolute Gasteiger partial charge is 0.338 e. The van der Waals surface area contributed by atoms with E-state index in [9.17, 15) is 14.4 Å². The van der Waals surface area contributed by atoms with Crippen molar-refractivity contribution < 1.29 is 19.1 Å². The van der Waals surface area contributed by atoms with Gasteiger partial charge in [0.05, 0.1) is 5.56 Å². The fourth-order valence-corrected chi connectivity index (χ4v) is 3.25. The van der Waals surface area contributed by atoms with Crippen molar-refractivity contribution in [3.63, 3.8) is 0 Å². The van der Waals surface area contributed by atoms with Crippen LogP contribution in [-0.2, 0) is 16.1 Å². The van der Waals surface area contributed by atoms with E-state index in [4.69, 9.17) is 4.74 Å². The molecule has 1 saturated heterocycles. The largest absolute Gasteiger partial charge is 0.451 e. The fraction of sp³-hybridized carbons (Fsp3) is 0.348. The monoisotopic (exact) mass is 379 g/mol. The van der Waals surface area contributed by atoms with Gasteiger partial charge < -0.3 is 9.64 Å². The van der Waals surface area contributed by atoms with Crippen molar-refractivity contribution in [1.82, 2.24) is 4.90 Å². The SMILES string of the molecule is Cc1ccc(C(=O)[C@H](C)OC(=O)c2ccc(CN3CCCC3=O)cc2)cc1C. The number of hydrogen-bond donors (Lipinski definition) is 0. The summed E-state index contributed by atoms with van der Waals surface area (Å²) in [4.78, 5) is 38.5. The number of Topliss-reactive ketones (excluding diaryl/α,β-unsaturated/α-hetero) is 1. The second-order valence-corrected chi connectivity index (χ2v) is 7.33. The van der Waals surface area contributed by atoms with Crippen LogP contribution in [0.15, 0.2) is 42.5 Å². The van der Waals surface area contributed by atoms with Crippen LogP contribution < -0.4 is 0 Å². The Balaban J connectivity index is 1.61. The normalized spacial score (nSPS) is 14.8. The van der Waals surface area contributed by atoms with E-state index in [1.807, 2.05) is 43.0 Å². The van der Waals surface area contributed by atoms with E-state index < -0.39 is 12.1 Å². The summed E-state index contributed by atoms with van der Waals surface area (Å²) in [7, 11) is 0. The lowest BCUT2D eigenvalue weighted by Gasteiger charge is -2.16. The number of aryl methyl sites for hydroxylation is 2. The molecule has 0 N–H and O–H groups in total. The maximum atomic E-state index is 12.5. The lowest BCUT2D eigenvalue weighted by atomic mass is 10.0. The molecule has 5 nitrogen and oxygen atoms in total. The Kier molecular flexibility index (Phi) is 5.93. The maximum absolute atomic E-state index is 12.5. The average molecular weight is 379 g/mol. The molecule has 1 aliphatic rings. The van der Waals surface area contributed by atoms with Gasteiger partial charge in [0.1, 0.15) is 0 Å². The number of amides is 1. The van der Waals surface area contributed by atoms with Gasteiger partial charge >= 0.3 is 5.97 Å². The molecule has 1 fully saturated rings. The minimum absolute atomic E-state index is 0.169. The summed E-state index contributed by atoms with van der Waals surface area (Å²) in [5.41, 5.74) is 4.02. The van der Waals surface area contributed by atoms with Gasteiger partial charge in [0.2, 0.25) is 11.7 Å². The first-order valence-corrected chi connectivity index (χ1v) is 9.54. The van der Waals surface area contributed by atoms with Crippen LogP contribution in [0.3, 0.4) is 0 Å². The zero-order valence-corrected chi connectivity index (χ0v) is 16.5. The molecule has 1 heterocycles. The number of carbonyl (C=O) groups excluding carboxylic acids is 3. The molecular formula is C23H25NO4. The van der Waals surface area contributed by atoms with Crippen molar-refractivity contribution in [2.24, 2.45) is 0 Å². The van der Waals surface area contributed by atoms with Crippen molar-refractivity contribution in [2.75, 3.05) is 6.54 Å². The van der Waals surface area contributed by atoms with Gasteiger partial charge in [-0.15, -0.1) is 0 Å². The van der Waals surface area contributed by atoms with Gasteiger partial charge in [-0.05, 0) is 62.1 Å². The second-order valence-electron chi connectivity index (χ2n) is 7.33. The van der Waals surface area contributed by atoms with E-state index in [1.54, 1.807) is 25.1 Å². The lowest BCUT2D eigenvalue weighted by Crippen LogP contribution is -2.25. The number of ketones is 1. The Hall–Kier alpha value is -2.95. The summed E-state index contributed by atoms with van der Waals surface area (Å²) in [6, 6.07) is 12.4. The minimum atomic E-state index is -0.864. The third kappa shape index (κ3) is 4.47. The first-order chi connectivity index (χ1) is 13.3. The van der Waals surface area contributed by atoms with Gasteiger partial charge in [-0.2, -0.15) is 0 Å². The summed E-state index contributed by atoms with van der Waals surface area (Å²) in [6.45, 7) is 6.84. The topological polar surface area (TPSA) is 63.7 Å². The molecule has 0 unspecified atom stereocenters. The number of ether oxygens (including phenoxy) is 1. The molecule has 3 rings (SSSR count). The van der Waals surface area contributed by atoms with Gasteiger partial charge in [0, 0.05) is 25.1 Å². The van der Waals surface area contributed by atoms with Crippen LogP contribution in [0.1, 0.15) is 57.2 Å². The molecule has 2 aromatic carbocycles. The van der Waals surface area contributed by atoms with E-state index in [0.29, 0.717) is 24.1 Å². The summed E-state index contributed by atoms with van der Waals surface area (Å²) in [5, 5.41) is 0. The summed E-state index contributed by atoms with van der Waals surface area (Å²) < 4.78 is 5.36. The quantitative estimate of drug-likeness (QED) is 0.565. The van der Waals surface area contributed by atoms with E-state index in [2.05, 4.69) is 0 Å². The van der Waals surface area contributed by atoms with Crippen molar-refractivity contribution in [3.05, 3.63) is 70.3 Å². The van der Waals surface area contributed by atoms with Crippen LogP contribution in [-0.4, -0.2) is 35.2 Å². The number of esters is 1. The van der Waals surface area contributed by atoms with Crippen molar-refractivity contribution in [2.45, 2.75) is 46.3 Å². The highest BCUT2D eigenvalue weighted by atomic mass is 16.5. The van der Waals surface area contributed by atoms with Crippen LogP contribution in [0.25, 0.3) is 0 Å². The molecular weight excluding hydrogens is 354 g/mol. The van der Waals surface area contributed by atoms with E-state index in [0.717, 1.165) is 29.7 Å². The molecule has 146 valence electrons. The number of likely N-dealkylation sites (tertiary alicyclic amines) is 1. The second kappa shape index (κ2) is 8.38. The summed E-state index contributed by atoms with van der Waals surface area (Å²) in [5.74, 6) is -0.587. The van der Waals surface area contributed by atoms with Gasteiger partial charge in [0.15, 0.2) is 6.10 Å². The van der Waals surface area contributed by atoms with Crippen molar-refractivity contribution in [3.8, 4) is 0 Å². The molecule has 5 heteroatoms. The van der Waals surface area contributed by atoms with Crippen LogP contribution in [0, 0.1) is 13.8 Å². The highest BCUT2D eigenvalue weighted by molar-refractivity contribution is 6.01. The van der Waals surface area contributed by atoms with Crippen molar-refractivity contribution in [1.29, 1.82) is 0 Å². The predicted molar refractivity (Wildman–Crippen MR) is 106 cm³/mol. The molecule has 0 bridgehead atoms. The summed E-state index contributed by atoms with van der Waals surface area (Å²) in [6.07, 6.45) is 0.642.